The van der Waals surface area contributed by atoms with Crippen molar-refractivity contribution < 1.29 is 43.5 Å². The molecule has 0 radical (unpaired) electrons. The van der Waals surface area contributed by atoms with Gasteiger partial charge < -0.3 is 29.8 Å². The Labute approximate surface area is 181 Å². The van der Waals surface area contributed by atoms with Gasteiger partial charge in [0, 0.05) is 0 Å². The topological polar surface area (TPSA) is 201 Å². The van der Waals surface area contributed by atoms with Crippen LogP contribution in [0.25, 0.3) is 0 Å². The van der Waals surface area contributed by atoms with E-state index in [1.54, 1.807) is 5.41 Å². The van der Waals surface area contributed by atoms with Crippen LogP contribution in [0.4, 0.5) is 0 Å². The molecule has 13 nitrogen and oxygen atoms in total. The van der Waals surface area contributed by atoms with Crippen LogP contribution >= 0.6 is 35.5 Å². The number of nitrogens with zero attached hydrogens (tertiary/aromatic N) is 4. The van der Waals surface area contributed by atoms with Crippen molar-refractivity contribution in [2.45, 2.75) is 24.5 Å². The first-order chi connectivity index (χ1) is 14.1. The Morgan fingerprint density at radius 1 is 1.40 bits per heavy atom. The van der Waals surface area contributed by atoms with E-state index in [1.807, 2.05) is 0 Å². The average Bonchev–Trinajstić information content (AvgIpc) is 3.19. The van der Waals surface area contributed by atoms with Crippen LogP contribution in [0, 0.1) is 5.41 Å². The zero-order chi connectivity index (χ0) is 22.1. The van der Waals surface area contributed by atoms with Crippen molar-refractivity contribution in [3.8, 4) is 0 Å². The summed E-state index contributed by atoms with van der Waals surface area (Å²) in [4.78, 5) is 29.9. The maximum absolute atomic E-state index is 10.9. The largest absolute Gasteiger partial charge is 0.502 e. The molecule has 30 heavy (non-hydrogen) atoms. The van der Waals surface area contributed by atoms with E-state index in [0.29, 0.717) is 0 Å². The monoisotopic (exact) mass is 524 g/mol. The molecule has 0 aromatic carbocycles. The lowest BCUT2D eigenvalue weighted by atomic mass is 10.1. The van der Waals surface area contributed by atoms with Gasteiger partial charge in [0.25, 0.3) is 10.9 Å². The number of ether oxygens (including phenoxy) is 1. The molecule has 3 aliphatic heterocycles. The van der Waals surface area contributed by atoms with Gasteiger partial charge >= 0.3 is 13.7 Å². The summed E-state index contributed by atoms with van der Waals surface area (Å²) in [5.41, 5.74) is 0.126. The molecule has 0 bridgehead atoms. The summed E-state index contributed by atoms with van der Waals surface area (Å²) >= 11 is 3.92. The van der Waals surface area contributed by atoms with Gasteiger partial charge in [-0.1, -0.05) is 11.1 Å². The molecule has 162 valence electrons. The van der Waals surface area contributed by atoms with Crippen molar-refractivity contribution in [3.63, 3.8) is 0 Å². The number of fused-ring (bicyclic) bond motifs is 1. The van der Waals surface area contributed by atoms with Gasteiger partial charge in [0.15, 0.2) is 10.5 Å². The minimum atomic E-state index is -4.79. The van der Waals surface area contributed by atoms with Crippen LogP contribution in [-0.4, -0.2) is 89.7 Å². The molecule has 0 saturated carbocycles. The van der Waals surface area contributed by atoms with Crippen molar-refractivity contribution in [2.24, 2.45) is 15.0 Å². The van der Waals surface area contributed by atoms with E-state index in [2.05, 4.69) is 35.4 Å². The number of halogens is 1. The third-order valence-electron chi connectivity index (χ3n) is 3.91. The molecule has 6 N–H and O–H groups in total. The summed E-state index contributed by atoms with van der Waals surface area (Å²) in [5.74, 6) is -0.0273. The first-order valence-electron chi connectivity index (χ1n) is 8.12. The molecule has 3 heterocycles. The third-order valence-corrected chi connectivity index (χ3v) is 5.34. The van der Waals surface area contributed by atoms with Gasteiger partial charge in [-0.05, 0) is 39.2 Å². The molecule has 0 unspecified atom stereocenters. The molecule has 0 aromatic rings. The molecule has 3 aliphatic rings. The fourth-order valence-electron chi connectivity index (χ4n) is 2.62. The van der Waals surface area contributed by atoms with Crippen LogP contribution in [-0.2, 0) is 13.8 Å². The third kappa shape index (κ3) is 5.38. The first-order valence-corrected chi connectivity index (χ1v) is 11.3. The highest BCUT2D eigenvalue weighted by Gasteiger charge is 2.50. The molecule has 0 aromatic heterocycles. The summed E-state index contributed by atoms with van der Waals surface area (Å²) < 4.78 is 22.0. The van der Waals surface area contributed by atoms with Gasteiger partial charge in [0.2, 0.25) is 12.6 Å². The minimum Gasteiger partial charge on any atom is -0.502 e. The number of phosphoric acid groups is 1. The fourth-order valence-corrected chi connectivity index (χ4v) is 3.68. The fraction of sp³-hybridized carbons (Fsp3) is 0.357. The molecule has 3 rings (SSSR count). The maximum atomic E-state index is 10.9. The Hall–Kier alpha value is -1.55. The molecule has 0 amide bonds. The first kappa shape index (κ1) is 23.1. The molecule has 0 aliphatic carbocycles. The number of allylic oxidation sites excluding steroid dienone is 2. The number of hydrogen-bond donors (Lipinski definition) is 6. The number of rotatable bonds is 6. The second-order valence-electron chi connectivity index (χ2n) is 5.95. The van der Waals surface area contributed by atoms with E-state index < -0.39 is 39.0 Å². The van der Waals surface area contributed by atoms with E-state index in [1.165, 1.54) is 23.1 Å². The van der Waals surface area contributed by atoms with Crippen LogP contribution in [0.15, 0.2) is 37.2 Å². The Balaban J connectivity index is 1.75. The maximum Gasteiger partial charge on any atom is 0.469 e. The Morgan fingerprint density at radius 3 is 2.80 bits per heavy atom. The van der Waals surface area contributed by atoms with E-state index in [-0.39, 0.29) is 27.2 Å². The number of aliphatic imine (C=N–C) groups is 3. The summed E-state index contributed by atoms with van der Waals surface area (Å²) in [6.45, 7) is -0.649. The van der Waals surface area contributed by atoms with Gasteiger partial charge in [-0.3, -0.25) is 9.93 Å². The lowest BCUT2D eigenvalue weighted by Gasteiger charge is -2.16. The summed E-state index contributed by atoms with van der Waals surface area (Å²) in [5, 5.41) is 39.3. The molecule has 1 saturated heterocycles. The smallest absolute Gasteiger partial charge is 0.469 e. The van der Waals surface area contributed by atoms with Crippen LogP contribution in [0.2, 0.25) is 0 Å². The van der Waals surface area contributed by atoms with E-state index in [4.69, 9.17) is 25.0 Å². The molecular weight excluding hydrogens is 509 g/mol. The zero-order valence-electron chi connectivity index (χ0n) is 14.8. The second-order valence-corrected chi connectivity index (χ2v) is 8.87. The van der Waals surface area contributed by atoms with Gasteiger partial charge in [-0.2, -0.15) is 9.57 Å². The van der Waals surface area contributed by atoms with Crippen molar-refractivity contribution in [1.29, 1.82) is 5.41 Å². The molecule has 0 spiro atoms. The minimum absolute atomic E-state index is 0.0711. The van der Waals surface area contributed by atoms with E-state index in [9.17, 15) is 14.8 Å². The standard InChI is InChI=1S/C14H15BrN5O8PS/c15-7(21)2-1-3-30-14-18-11(16)8-12(19-14)20(5-17-8)13-10(23)9(22)6(28-13)4-27-29(24,25)26/h1-3,5-6,9-10,13,16,22-23H,4H2,(H2-,21,24,25,26)/p+1/b3-1?,7-2-,16-11?/t6-,9-,10-,13-/m1/s1. The quantitative estimate of drug-likeness (QED) is 0.118. The number of aliphatic hydroxyl groups is 3. The zero-order valence-corrected chi connectivity index (χ0v) is 18.1. The van der Waals surface area contributed by atoms with Gasteiger partial charge in [-0.25, -0.2) is 4.57 Å². The predicted octanol–water partition coefficient (Wildman–Crippen LogP) is -0.176. The summed E-state index contributed by atoms with van der Waals surface area (Å²) in [7, 11) is -4.79. The Kier molecular flexibility index (Phi) is 7.16. The van der Waals surface area contributed by atoms with Gasteiger partial charge in [0.05, 0.1) is 6.61 Å². The number of hydrogen-bond acceptors (Lipinski definition) is 10. The van der Waals surface area contributed by atoms with Crippen LogP contribution < -0.4 is 0 Å². The SMILES string of the molecule is N=C1N=C(SC=C/C=C(\O)Br)N=C2C1=NC=[N+]2[C@@H]1O[C@H](COP(=O)(O)O)[C@@H](O)[C@H]1O. The summed E-state index contributed by atoms with van der Waals surface area (Å²) in [6.07, 6.45) is -1.22. The summed E-state index contributed by atoms with van der Waals surface area (Å²) in [6, 6.07) is 0. The number of nitrogens with one attached hydrogen (secondary N) is 1. The predicted molar refractivity (Wildman–Crippen MR) is 111 cm³/mol. The number of amidine groups is 3. The van der Waals surface area contributed by atoms with Crippen molar-refractivity contribution in [1.82, 2.24) is 0 Å². The number of thioether (sulfide) groups is 1. The lowest BCUT2D eigenvalue weighted by Crippen LogP contribution is -2.44. The highest BCUT2D eigenvalue weighted by atomic mass is 79.9. The van der Waals surface area contributed by atoms with Crippen molar-refractivity contribution >= 4 is 64.4 Å². The van der Waals surface area contributed by atoms with Crippen molar-refractivity contribution in [3.05, 3.63) is 22.2 Å². The highest BCUT2D eigenvalue weighted by molar-refractivity contribution is 9.11. The Morgan fingerprint density at radius 2 is 2.13 bits per heavy atom. The lowest BCUT2D eigenvalue weighted by molar-refractivity contribution is -0.517. The highest BCUT2D eigenvalue weighted by Crippen LogP contribution is 2.37. The van der Waals surface area contributed by atoms with Crippen LogP contribution in [0.3, 0.4) is 0 Å². The number of aliphatic hydroxyl groups excluding tert-OH is 3. The van der Waals surface area contributed by atoms with E-state index in [0.717, 1.165) is 11.8 Å². The van der Waals surface area contributed by atoms with E-state index >= 15 is 0 Å². The normalized spacial score (nSPS) is 29.6. The van der Waals surface area contributed by atoms with Gasteiger partial charge in [-0.15, -0.1) is 4.99 Å². The Bertz CT molecular complexity index is 969. The van der Waals surface area contributed by atoms with Crippen molar-refractivity contribution in [2.75, 3.05) is 6.61 Å². The molecule has 1 fully saturated rings. The average molecular weight is 525 g/mol. The molecule has 4 atom stereocenters. The molecule has 16 heteroatoms. The van der Waals surface area contributed by atoms with Crippen LogP contribution in [0.5, 0.6) is 0 Å². The second kappa shape index (κ2) is 9.30. The number of phosphoric ester groups is 1. The van der Waals surface area contributed by atoms with Crippen LogP contribution in [0.1, 0.15) is 0 Å². The van der Waals surface area contributed by atoms with Gasteiger partial charge in [0.1, 0.15) is 18.3 Å². The molecular formula is C14H16BrN5O8PS+.